The minimum absolute atomic E-state index is 0.359. The Morgan fingerprint density at radius 1 is 1.53 bits per heavy atom. The number of ether oxygens (including phenoxy) is 1. The molecule has 0 saturated carbocycles. The lowest BCUT2D eigenvalue weighted by Crippen LogP contribution is -2.40. The molecule has 15 heavy (non-hydrogen) atoms. The lowest BCUT2D eigenvalue weighted by molar-refractivity contribution is -0.180. The van der Waals surface area contributed by atoms with Crippen molar-refractivity contribution in [3.63, 3.8) is 0 Å². The van der Waals surface area contributed by atoms with Crippen molar-refractivity contribution in [2.75, 3.05) is 13.1 Å². The van der Waals surface area contributed by atoms with E-state index in [0.717, 1.165) is 4.90 Å². The van der Waals surface area contributed by atoms with Crippen LogP contribution in [0.3, 0.4) is 0 Å². The summed E-state index contributed by atoms with van der Waals surface area (Å²) >= 11 is 0. The summed E-state index contributed by atoms with van der Waals surface area (Å²) in [4.78, 5) is 12.3. The van der Waals surface area contributed by atoms with Gasteiger partial charge in [-0.25, -0.2) is 9.18 Å². The van der Waals surface area contributed by atoms with Crippen LogP contribution in [-0.2, 0) is 4.74 Å². The maximum absolute atomic E-state index is 13.0. The van der Waals surface area contributed by atoms with Gasteiger partial charge in [-0.3, -0.25) is 4.90 Å². The molecule has 1 heterocycles. The Bertz CT molecular complexity index is 261. The van der Waals surface area contributed by atoms with E-state index < -0.39 is 30.2 Å². The van der Waals surface area contributed by atoms with Crippen molar-refractivity contribution in [2.24, 2.45) is 0 Å². The fraction of sp³-hybridized carbons (Fsp3) is 0.889. The van der Waals surface area contributed by atoms with Crippen molar-refractivity contribution in [3.05, 3.63) is 0 Å². The number of rotatable bonds is 0. The van der Waals surface area contributed by atoms with Crippen molar-refractivity contribution in [2.45, 2.75) is 38.3 Å². The highest BCUT2D eigenvalue weighted by Gasteiger charge is 2.47. The van der Waals surface area contributed by atoms with E-state index in [2.05, 4.69) is 0 Å². The number of hydrogen-bond donors (Lipinski definition) is 2. The highest BCUT2D eigenvalue weighted by Crippen LogP contribution is 2.23. The molecule has 0 bridgehead atoms. The second-order valence-electron chi connectivity index (χ2n) is 4.71. The van der Waals surface area contributed by atoms with Crippen LogP contribution >= 0.6 is 0 Å². The Hall–Kier alpha value is -0.880. The Kier molecular flexibility index (Phi) is 2.93. The Labute approximate surface area is 87.4 Å². The normalized spacial score (nSPS) is 25.5. The summed E-state index contributed by atoms with van der Waals surface area (Å²) < 4.78 is 18.0. The largest absolute Gasteiger partial charge is 0.444 e. The molecule has 1 unspecified atom stereocenters. The third-order valence-corrected chi connectivity index (χ3v) is 1.96. The monoisotopic (exact) mass is 221 g/mol. The van der Waals surface area contributed by atoms with Gasteiger partial charge in [-0.15, -0.1) is 0 Å². The molecule has 0 aromatic carbocycles. The fourth-order valence-corrected chi connectivity index (χ4v) is 1.25. The molecule has 0 spiro atoms. The van der Waals surface area contributed by atoms with Crippen molar-refractivity contribution in [3.8, 4) is 0 Å². The lowest BCUT2D eigenvalue weighted by atomic mass is 10.2. The van der Waals surface area contributed by atoms with Crippen LogP contribution in [-0.4, -0.2) is 51.9 Å². The topological polar surface area (TPSA) is 70.0 Å². The molecule has 5 nitrogen and oxygen atoms in total. The summed E-state index contributed by atoms with van der Waals surface area (Å²) in [7, 11) is 0. The predicted octanol–water partition coefficient (Wildman–Crippen LogP) is 0.256. The number of hydrogen-bond acceptors (Lipinski definition) is 4. The summed E-state index contributed by atoms with van der Waals surface area (Å²) in [5.41, 5.74) is -0.681. The molecule has 0 aliphatic carbocycles. The minimum atomic E-state index is -2.46. The number of β-amino-alcohol motifs (C(OH)–C–C–N with tert-alkyl or cyclic N) is 2. The molecule has 1 saturated heterocycles. The third kappa shape index (κ3) is 3.04. The Morgan fingerprint density at radius 3 is 2.40 bits per heavy atom. The van der Waals surface area contributed by atoms with Crippen molar-refractivity contribution in [1.29, 1.82) is 0 Å². The third-order valence-electron chi connectivity index (χ3n) is 1.96. The van der Waals surface area contributed by atoms with Crippen LogP contribution < -0.4 is 0 Å². The van der Waals surface area contributed by atoms with E-state index in [1.54, 1.807) is 20.8 Å². The van der Waals surface area contributed by atoms with Crippen molar-refractivity contribution < 1.29 is 24.1 Å². The van der Waals surface area contributed by atoms with Crippen LogP contribution in [0.1, 0.15) is 20.8 Å². The number of halogens is 1. The maximum Gasteiger partial charge on any atom is 0.410 e. The number of likely N-dealkylation sites (tertiary alicyclic amines) is 1. The smallest absolute Gasteiger partial charge is 0.410 e. The molecular weight excluding hydrogens is 205 g/mol. The molecule has 6 heteroatoms. The van der Waals surface area contributed by atoms with E-state index in [1.807, 2.05) is 0 Å². The van der Waals surface area contributed by atoms with Gasteiger partial charge in [0.15, 0.2) is 6.17 Å². The molecule has 0 radical (unpaired) electrons. The number of aliphatic hydroxyl groups is 2. The van der Waals surface area contributed by atoms with Crippen LogP contribution in [0.15, 0.2) is 0 Å². The second kappa shape index (κ2) is 3.61. The molecule has 0 aromatic rings. The van der Waals surface area contributed by atoms with E-state index in [1.165, 1.54) is 0 Å². The average molecular weight is 221 g/mol. The molecule has 2 N–H and O–H groups in total. The number of amides is 1. The van der Waals surface area contributed by atoms with E-state index in [-0.39, 0.29) is 6.54 Å². The van der Waals surface area contributed by atoms with Gasteiger partial charge >= 0.3 is 6.09 Å². The zero-order valence-corrected chi connectivity index (χ0v) is 9.03. The van der Waals surface area contributed by atoms with Crippen LogP contribution in [0.4, 0.5) is 9.18 Å². The van der Waals surface area contributed by atoms with Gasteiger partial charge in [-0.1, -0.05) is 0 Å². The summed E-state index contributed by atoms with van der Waals surface area (Å²) in [6.45, 7) is 4.21. The Balaban J connectivity index is 2.58. The first-order valence-corrected chi connectivity index (χ1v) is 4.68. The molecule has 1 aliphatic heterocycles. The standard InChI is InChI=1S/C9H16FNO4/c1-8(2,3)15-7(12)11-4-6(10)9(13,14)5-11/h6,13-14H,4-5H2,1-3H3. The zero-order chi connectivity index (χ0) is 11.9. The Morgan fingerprint density at radius 2 is 2.07 bits per heavy atom. The number of alkyl halides is 1. The van der Waals surface area contributed by atoms with E-state index >= 15 is 0 Å². The second-order valence-corrected chi connectivity index (χ2v) is 4.71. The first kappa shape index (κ1) is 12.2. The minimum Gasteiger partial charge on any atom is -0.444 e. The highest BCUT2D eigenvalue weighted by atomic mass is 19.1. The molecule has 88 valence electrons. The summed E-state index contributed by atoms with van der Waals surface area (Å²) in [6.07, 6.45) is -2.60. The maximum atomic E-state index is 13.0. The first-order chi connectivity index (χ1) is 6.62. The van der Waals surface area contributed by atoms with Gasteiger partial charge in [0.05, 0.1) is 13.1 Å². The lowest BCUT2D eigenvalue weighted by Gasteiger charge is -2.24. The number of carbonyl (C=O) groups excluding carboxylic acids is 1. The number of carbonyl (C=O) groups is 1. The van der Waals surface area contributed by atoms with Crippen LogP contribution in [0.25, 0.3) is 0 Å². The molecule has 1 atom stereocenters. The average Bonchev–Trinajstić information content (AvgIpc) is 2.23. The highest BCUT2D eigenvalue weighted by molar-refractivity contribution is 5.68. The van der Waals surface area contributed by atoms with Crippen molar-refractivity contribution in [1.82, 2.24) is 4.90 Å². The molecule has 0 aromatic heterocycles. The van der Waals surface area contributed by atoms with Crippen LogP contribution in [0.5, 0.6) is 0 Å². The van der Waals surface area contributed by atoms with Gasteiger partial charge < -0.3 is 14.9 Å². The molecule has 1 rings (SSSR count). The van der Waals surface area contributed by atoms with Gasteiger partial charge in [-0.05, 0) is 20.8 Å². The molecular formula is C9H16FNO4. The number of nitrogens with zero attached hydrogens (tertiary/aromatic N) is 1. The first-order valence-electron chi connectivity index (χ1n) is 4.68. The van der Waals surface area contributed by atoms with E-state index in [9.17, 15) is 9.18 Å². The van der Waals surface area contributed by atoms with Crippen molar-refractivity contribution >= 4 is 6.09 Å². The van der Waals surface area contributed by atoms with E-state index in [4.69, 9.17) is 14.9 Å². The SMILES string of the molecule is CC(C)(C)OC(=O)N1CC(F)C(O)(O)C1. The van der Waals surface area contributed by atoms with Gasteiger partial charge in [0.1, 0.15) is 5.60 Å². The van der Waals surface area contributed by atoms with Crippen LogP contribution in [0, 0.1) is 0 Å². The summed E-state index contributed by atoms with van der Waals surface area (Å²) in [5.74, 6) is -2.46. The molecule has 1 amide bonds. The van der Waals surface area contributed by atoms with Crippen LogP contribution in [0.2, 0.25) is 0 Å². The summed E-state index contributed by atoms with van der Waals surface area (Å²) in [6, 6.07) is 0. The quantitative estimate of drug-likeness (QED) is 0.575. The zero-order valence-electron chi connectivity index (χ0n) is 9.03. The van der Waals surface area contributed by atoms with Gasteiger partial charge in [0.25, 0.3) is 0 Å². The van der Waals surface area contributed by atoms with Gasteiger partial charge in [0.2, 0.25) is 5.79 Å². The molecule has 1 fully saturated rings. The predicted molar refractivity (Wildman–Crippen MR) is 49.9 cm³/mol. The van der Waals surface area contributed by atoms with Gasteiger partial charge in [-0.2, -0.15) is 0 Å². The fourth-order valence-electron chi connectivity index (χ4n) is 1.25. The molecule has 1 aliphatic rings. The summed E-state index contributed by atoms with van der Waals surface area (Å²) in [5, 5.41) is 18.2. The van der Waals surface area contributed by atoms with E-state index in [0.29, 0.717) is 0 Å². The van der Waals surface area contributed by atoms with Gasteiger partial charge in [0, 0.05) is 0 Å².